The molecule has 0 aliphatic carbocycles. The molecule has 0 aromatic heterocycles. The zero-order valence-corrected chi connectivity index (χ0v) is 11.8. The molecule has 18 heavy (non-hydrogen) atoms. The van der Waals surface area contributed by atoms with Crippen molar-refractivity contribution in [2.24, 2.45) is 0 Å². The van der Waals surface area contributed by atoms with Crippen LogP contribution in [0.5, 0.6) is 0 Å². The summed E-state index contributed by atoms with van der Waals surface area (Å²) in [4.78, 5) is 22.3. The highest BCUT2D eigenvalue weighted by atomic mass is 16.5. The second-order valence-electron chi connectivity index (χ2n) is 6.32. The maximum atomic E-state index is 12.1. The van der Waals surface area contributed by atoms with Gasteiger partial charge in [-0.3, -0.25) is 9.59 Å². The summed E-state index contributed by atoms with van der Waals surface area (Å²) >= 11 is 0. The largest absolute Gasteiger partial charge is 0.462 e. The monoisotopic (exact) mass is 256 g/mol. The molecule has 0 aromatic rings. The molecule has 5 nitrogen and oxygen atoms in total. The Morgan fingerprint density at radius 2 is 1.61 bits per heavy atom. The third kappa shape index (κ3) is 3.53. The maximum Gasteiger partial charge on any atom is 0.313 e. The minimum Gasteiger partial charge on any atom is -0.462 e. The molecule has 1 fully saturated rings. The van der Waals surface area contributed by atoms with Crippen molar-refractivity contribution in [3.05, 3.63) is 0 Å². The molecule has 1 aliphatic rings. The molecule has 1 saturated heterocycles. The SMILES string of the molecule is CC(=O)CC(=O)OC1CC(C)(C)N([O])C(C)(C)C1. The molecule has 0 atom stereocenters. The van der Waals surface area contributed by atoms with Crippen LogP contribution in [0.2, 0.25) is 0 Å². The fraction of sp³-hybridized carbons (Fsp3) is 0.846. The number of rotatable bonds is 3. The molecule has 1 aliphatic heterocycles. The lowest BCUT2D eigenvalue weighted by Gasteiger charge is -2.49. The highest BCUT2D eigenvalue weighted by molar-refractivity contribution is 5.94. The van der Waals surface area contributed by atoms with Crippen LogP contribution in [0, 0.1) is 0 Å². The van der Waals surface area contributed by atoms with Crippen molar-refractivity contribution in [1.82, 2.24) is 5.06 Å². The van der Waals surface area contributed by atoms with E-state index in [-0.39, 0.29) is 18.3 Å². The van der Waals surface area contributed by atoms with Gasteiger partial charge in [0.15, 0.2) is 0 Å². The van der Waals surface area contributed by atoms with Gasteiger partial charge in [0.2, 0.25) is 0 Å². The van der Waals surface area contributed by atoms with E-state index >= 15 is 0 Å². The molecule has 0 spiro atoms. The lowest BCUT2D eigenvalue weighted by molar-refractivity contribution is -0.299. The summed E-state index contributed by atoms with van der Waals surface area (Å²) in [5.41, 5.74) is -1.13. The minimum atomic E-state index is -0.567. The Hall–Kier alpha value is -0.940. The summed E-state index contributed by atoms with van der Waals surface area (Å²) in [5, 5.41) is 13.2. The molecule has 103 valence electrons. The van der Waals surface area contributed by atoms with Gasteiger partial charge in [-0.2, -0.15) is 0 Å². The van der Waals surface area contributed by atoms with Crippen molar-refractivity contribution in [2.75, 3.05) is 0 Å². The van der Waals surface area contributed by atoms with E-state index in [1.165, 1.54) is 6.92 Å². The predicted molar refractivity (Wildman–Crippen MR) is 65.1 cm³/mol. The van der Waals surface area contributed by atoms with Crippen LogP contribution in [0.15, 0.2) is 0 Å². The highest BCUT2D eigenvalue weighted by Crippen LogP contribution is 2.38. The first-order valence-electron chi connectivity index (χ1n) is 6.21. The van der Waals surface area contributed by atoms with Crippen LogP contribution < -0.4 is 0 Å². The van der Waals surface area contributed by atoms with Crippen LogP contribution in [0.25, 0.3) is 0 Å². The third-order valence-corrected chi connectivity index (χ3v) is 3.25. The van der Waals surface area contributed by atoms with E-state index in [2.05, 4.69) is 0 Å². The van der Waals surface area contributed by atoms with Crippen molar-refractivity contribution in [3.63, 3.8) is 0 Å². The first-order chi connectivity index (χ1) is 8.04. The molecule has 0 N–H and O–H groups in total. The number of piperidine rings is 1. The quantitative estimate of drug-likeness (QED) is 0.571. The number of ketones is 1. The normalized spacial score (nSPS) is 23.7. The number of ether oxygens (including phenoxy) is 1. The Labute approximate surface area is 108 Å². The molecule has 0 saturated carbocycles. The number of esters is 1. The van der Waals surface area contributed by atoms with E-state index in [1.54, 1.807) is 0 Å². The maximum absolute atomic E-state index is 12.1. The van der Waals surface area contributed by atoms with Crippen LogP contribution in [-0.4, -0.2) is 34.0 Å². The molecular formula is C13H22NO4. The van der Waals surface area contributed by atoms with Gasteiger partial charge in [0.05, 0.1) is 0 Å². The molecule has 1 rings (SSSR count). The average Bonchev–Trinajstić information content (AvgIpc) is 2.11. The molecule has 0 aromatic carbocycles. The number of carbonyl (C=O) groups excluding carboxylic acids is 2. The van der Waals surface area contributed by atoms with Gasteiger partial charge in [-0.25, -0.2) is 0 Å². The lowest BCUT2D eigenvalue weighted by atomic mass is 9.80. The first kappa shape index (κ1) is 15.1. The summed E-state index contributed by atoms with van der Waals surface area (Å²) in [6.07, 6.45) is 0.484. The number of nitrogens with zero attached hydrogens (tertiary/aromatic N) is 1. The Morgan fingerprint density at radius 3 is 2.00 bits per heavy atom. The van der Waals surface area contributed by atoms with Gasteiger partial charge in [0.1, 0.15) is 18.3 Å². The smallest absolute Gasteiger partial charge is 0.313 e. The number of hydroxylamine groups is 2. The molecule has 5 heteroatoms. The molecule has 0 bridgehead atoms. The number of carbonyl (C=O) groups is 2. The summed E-state index contributed by atoms with van der Waals surface area (Å²) in [7, 11) is 0. The van der Waals surface area contributed by atoms with E-state index in [0.717, 1.165) is 5.06 Å². The second-order valence-corrected chi connectivity index (χ2v) is 6.32. The number of hydrogen-bond donors (Lipinski definition) is 0. The van der Waals surface area contributed by atoms with Gasteiger partial charge in [-0.15, -0.1) is 10.3 Å². The highest BCUT2D eigenvalue weighted by Gasteiger charge is 2.47. The topological polar surface area (TPSA) is 66.5 Å². The zero-order chi connectivity index (χ0) is 14.1. The summed E-state index contributed by atoms with van der Waals surface area (Å²) in [5.74, 6) is -0.710. The van der Waals surface area contributed by atoms with Gasteiger partial charge < -0.3 is 4.74 Å². The Bertz CT molecular complexity index is 331. The van der Waals surface area contributed by atoms with Gasteiger partial charge in [-0.05, 0) is 34.6 Å². The lowest BCUT2D eigenvalue weighted by Crippen LogP contribution is -2.60. The second kappa shape index (κ2) is 4.97. The van der Waals surface area contributed by atoms with E-state index in [4.69, 9.17) is 4.74 Å². The average molecular weight is 256 g/mol. The Balaban J connectivity index is 2.69. The minimum absolute atomic E-state index is 0.196. The van der Waals surface area contributed by atoms with E-state index in [0.29, 0.717) is 12.8 Å². The van der Waals surface area contributed by atoms with Gasteiger partial charge in [0.25, 0.3) is 0 Å². The van der Waals surface area contributed by atoms with Crippen LogP contribution in [0.1, 0.15) is 53.9 Å². The fourth-order valence-electron chi connectivity index (χ4n) is 2.69. The summed E-state index contributed by atoms with van der Waals surface area (Å²) in [6.45, 7) is 8.72. The van der Waals surface area contributed by atoms with Crippen LogP contribution >= 0.6 is 0 Å². The van der Waals surface area contributed by atoms with Gasteiger partial charge >= 0.3 is 5.97 Å². The van der Waals surface area contributed by atoms with Crippen molar-refractivity contribution in [2.45, 2.75) is 71.1 Å². The predicted octanol–water partition coefficient (Wildman–Crippen LogP) is 1.88. The standard InChI is InChI=1S/C13H22NO4/c1-9(15)6-11(16)18-10-7-12(2,3)14(17)13(4,5)8-10/h10H,6-8H2,1-5H3. The number of hydrogen-bond acceptors (Lipinski definition) is 4. The van der Waals surface area contributed by atoms with Crippen molar-refractivity contribution in [3.8, 4) is 0 Å². The molecule has 0 unspecified atom stereocenters. The zero-order valence-electron chi connectivity index (χ0n) is 11.8. The Morgan fingerprint density at radius 1 is 1.17 bits per heavy atom. The number of Topliss-reactive ketones (excluding diaryl/α,β-unsaturated/α-hetero) is 1. The van der Waals surface area contributed by atoms with Crippen molar-refractivity contribution < 1.29 is 19.5 Å². The van der Waals surface area contributed by atoms with E-state index in [9.17, 15) is 14.8 Å². The van der Waals surface area contributed by atoms with Gasteiger partial charge in [0, 0.05) is 23.9 Å². The van der Waals surface area contributed by atoms with Crippen LogP contribution in [0.4, 0.5) is 0 Å². The Kier molecular flexibility index (Phi) is 4.18. The van der Waals surface area contributed by atoms with Crippen LogP contribution in [0.3, 0.4) is 0 Å². The molecule has 1 heterocycles. The fourth-order valence-corrected chi connectivity index (χ4v) is 2.69. The summed E-state index contributed by atoms with van der Waals surface area (Å²) in [6, 6.07) is 0. The molecular weight excluding hydrogens is 234 g/mol. The van der Waals surface area contributed by atoms with Crippen molar-refractivity contribution >= 4 is 11.8 Å². The molecule has 1 radical (unpaired) electrons. The third-order valence-electron chi connectivity index (χ3n) is 3.25. The summed E-state index contributed by atoms with van der Waals surface area (Å²) < 4.78 is 5.30. The molecule has 0 amide bonds. The first-order valence-corrected chi connectivity index (χ1v) is 6.21. The van der Waals surface area contributed by atoms with Crippen LogP contribution in [-0.2, 0) is 19.5 Å². The van der Waals surface area contributed by atoms with E-state index < -0.39 is 17.0 Å². The van der Waals surface area contributed by atoms with Gasteiger partial charge in [-0.1, -0.05) is 0 Å². The van der Waals surface area contributed by atoms with Crippen molar-refractivity contribution in [1.29, 1.82) is 0 Å². The van der Waals surface area contributed by atoms with E-state index in [1.807, 2.05) is 27.7 Å².